The summed E-state index contributed by atoms with van der Waals surface area (Å²) in [4.78, 5) is 12.8. The van der Waals surface area contributed by atoms with Gasteiger partial charge in [0.15, 0.2) is 0 Å². The maximum absolute atomic E-state index is 14.4. The molecule has 3 rings (SSSR count). The second kappa shape index (κ2) is 7.56. The molecule has 1 heterocycles. The van der Waals surface area contributed by atoms with Crippen molar-refractivity contribution in [2.24, 2.45) is 0 Å². The Morgan fingerprint density at radius 2 is 2.04 bits per heavy atom. The molecule has 0 radical (unpaired) electrons. The Labute approximate surface area is 158 Å². The number of methoxy groups -OCH3 is 1. The van der Waals surface area contributed by atoms with Crippen LogP contribution in [-0.2, 0) is 10.2 Å². The van der Waals surface area contributed by atoms with Gasteiger partial charge in [0.2, 0.25) is 5.91 Å². The van der Waals surface area contributed by atoms with Crippen LogP contribution >= 0.6 is 0 Å². The van der Waals surface area contributed by atoms with Crippen molar-refractivity contribution in [1.82, 2.24) is 5.32 Å². The predicted molar refractivity (Wildman–Crippen MR) is 103 cm³/mol. The van der Waals surface area contributed by atoms with E-state index in [1.807, 2.05) is 20.8 Å². The van der Waals surface area contributed by atoms with Gasteiger partial charge in [-0.15, -0.1) is 0 Å². The average Bonchev–Trinajstić information content (AvgIpc) is 2.82. The van der Waals surface area contributed by atoms with Gasteiger partial charge >= 0.3 is 0 Å². The summed E-state index contributed by atoms with van der Waals surface area (Å²) in [6, 6.07) is 9.56. The number of hydrogen-bond donors (Lipinski definition) is 2. The van der Waals surface area contributed by atoms with Crippen LogP contribution in [0.1, 0.15) is 37.9 Å². The van der Waals surface area contributed by atoms with Gasteiger partial charge in [0, 0.05) is 23.9 Å². The fourth-order valence-corrected chi connectivity index (χ4v) is 3.13. The van der Waals surface area contributed by atoms with E-state index in [2.05, 4.69) is 10.6 Å². The second-order valence-electron chi connectivity index (χ2n) is 7.57. The van der Waals surface area contributed by atoms with Crippen molar-refractivity contribution in [2.45, 2.75) is 32.2 Å². The molecule has 0 fully saturated rings. The molecule has 1 atom stereocenters. The zero-order chi connectivity index (χ0) is 19.6. The first-order valence-electron chi connectivity index (χ1n) is 8.94. The first-order chi connectivity index (χ1) is 12.8. The molecule has 1 aliphatic heterocycles. The fourth-order valence-electron chi connectivity index (χ4n) is 3.13. The number of nitrogens with one attached hydrogen (secondary N) is 2. The van der Waals surface area contributed by atoms with E-state index in [9.17, 15) is 9.18 Å². The van der Waals surface area contributed by atoms with Crippen LogP contribution in [-0.4, -0.2) is 26.2 Å². The van der Waals surface area contributed by atoms with Crippen LogP contribution in [0.4, 0.5) is 10.1 Å². The smallest absolute Gasteiger partial charge is 0.246 e. The molecule has 0 aliphatic carbocycles. The van der Waals surface area contributed by atoms with Crippen molar-refractivity contribution >= 4 is 11.6 Å². The van der Waals surface area contributed by atoms with Crippen LogP contribution in [0.25, 0.3) is 0 Å². The van der Waals surface area contributed by atoms with Crippen LogP contribution < -0.4 is 20.1 Å². The molecule has 0 bridgehead atoms. The van der Waals surface area contributed by atoms with Crippen molar-refractivity contribution < 1.29 is 18.7 Å². The van der Waals surface area contributed by atoms with Crippen LogP contribution in [0.5, 0.6) is 11.5 Å². The lowest BCUT2D eigenvalue weighted by atomic mass is 9.86. The Hall–Kier alpha value is -2.60. The van der Waals surface area contributed by atoms with Crippen molar-refractivity contribution in [1.29, 1.82) is 0 Å². The molecule has 2 aromatic rings. The Morgan fingerprint density at radius 1 is 1.26 bits per heavy atom. The molecular weight excluding hydrogens is 347 g/mol. The third kappa shape index (κ3) is 4.22. The van der Waals surface area contributed by atoms with Crippen molar-refractivity contribution in [3.63, 3.8) is 0 Å². The molecule has 5 nitrogen and oxygen atoms in total. The Morgan fingerprint density at radius 3 is 2.70 bits per heavy atom. The van der Waals surface area contributed by atoms with E-state index in [1.54, 1.807) is 37.4 Å². The monoisotopic (exact) mass is 372 g/mol. The van der Waals surface area contributed by atoms with E-state index in [1.165, 1.54) is 6.07 Å². The van der Waals surface area contributed by atoms with E-state index in [-0.39, 0.29) is 17.1 Å². The summed E-state index contributed by atoms with van der Waals surface area (Å²) in [6.07, 6.45) is 0. The lowest BCUT2D eigenvalue weighted by Gasteiger charge is -2.21. The number of fused-ring (bicyclic) bond motifs is 1. The van der Waals surface area contributed by atoms with Gasteiger partial charge in [0.25, 0.3) is 0 Å². The van der Waals surface area contributed by atoms with Gasteiger partial charge in [0.1, 0.15) is 30.0 Å². The number of benzene rings is 2. The second-order valence-corrected chi connectivity index (χ2v) is 7.57. The highest BCUT2D eigenvalue weighted by Gasteiger charge is 2.27. The van der Waals surface area contributed by atoms with E-state index in [4.69, 9.17) is 9.47 Å². The topological polar surface area (TPSA) is 59.6 Å². The molecule has 27 heavy (non-hydrogen) atoms. The Bertz CT molecular complexity index is 846. The number of carbonyl (C=O) groups is 1. The Balaban J connectivity index is 1.83. The molecule has 0 spiro atoms. The van der Waals surface area contributed by atoms with Gasteiger partial charge in [-0.2, -0.15) is 0 Å². The van der Waals surface area contributed by atoms with Crippen molar-refractivity contribution in [3.8, 4) is 11.5 Å². The summed E-state index contributed by atoms with van der Waals surface area (Å²) in [5.74, 6) is 0.667. The molecule has 1 unspecified atom stereocenters. The number of rotatable bonds is 3. The maximum Gasteiger partial charge on any atom is 0.246 e. The van der Waals surface area contributed by atoms with Gasteiger partial charge in [0.05, 0.1) is 7.11 Å². The molecule has 6 heteroatoms. The minimum Gasteiger partial charge on any atom is -0.497 e. The van der Waals surface area contributed by atoms with Gasteiger partial charge in [-0.25, -0.2) is 4.39 Å². The van der Waals surface area contributed by atoms with Crippen molar-refractivity contribution in [2.75, 3.05) is 25.6 Å². The zero-order valence-electron chi connectivity index (χ0n) is 16.1. The molecule has 0 saturated carbocycles. The van der Waals surface area contributed by atoms with Crippen LogP contribution in [0, 0.1) is 5.82 Å². The molecule has 1 amide bonds. The summed E-state index contributed by atoms with van der Waals surface area (Å²) in [5.41, 5.74) is 1.45. The summed E-state index contributed by atoms with van der Waals surface area (Å²) < 4.78 is 25.4. The number of carbonyl (C=O) groups excluding carboxylic acids is 1. The highest BCUT2D eigenvalue weighted by molar-refractivity contribution is 5.96. The lowest BCUT2D eigenvalue weighted by molar-refractivity contribution is -0.118. The lowest BCUT2D eigenvalue weighted by Crippen LogP contribution is -2.33. The molecule has 2 N–H and O–H groups in total. The van der Waals surface area contributed by atoms with Crippen LogP contribution in [0.3, 0.4) is 0 Å². The van der Waals surface area contributed by atoms with E-state index >= 15 is 0 Å². The number of hydrogen-bond acceptors (Lipinski definition) is 4. The highest BCUT2D eigenvalue weighted by atomic mass is 19.1. The SMILES string of the molecule is COc1ccc2c(c1)OCCNC2C(=O)Nc1ccc(C(C)(C)C)c(F)c1. The van der Waals surface area contributed by atoms with Crippen LogP contribution in [0.15, 0.2) is 36.4 Å². The Kier molecular flexibility index (Phi) is 5.37. The average molecular weight is 372 g/mol. The van der Waals surface area contributed by atoms with Gasteiger partial charge in [-0.3, -0.25) is 10.1 Å². The molecule has 144 valence electrons. The number of halogens is 1. The maximum atomic E-state index is 14.4. The van der Waals surface area contributed by atoms with E-state index in [0.29, 0.717) is 35.9 Å². The first kappa shape index (κ1) is 19.2. The molecular formula is C21H25FN2O3. The predicted octanol–water partition coefficient (Wildman–Crippen LogP) is 3.79. The van der Waals surface area contributed by atoms with E-state index in [0.717, 1.165) is 5.56 Å². The number of ether oxygens (including phenoxy) is 2. The molecule has 1 aliphatic rings. The largest absolute Gasteiger partial charge is 0.497 e. The zero-order valence-corrected chi connectivity index (χ0v) is 16.1. The van der Waals surface area contributed by atoms with Gasteiger partial charge in [-0.1, -0.05) is 26.8 Å². The standard InChI is InChI=1S/C21H25FN2O3/c1-21(2,3)16-8-5-13(11-17(16)22)24-20(25)19-15-7-6-14(26-4)12-18(15)27-10-9-23-19/h5-8,11-12,19,23H,9-10H2,1-4H3,(H,24,25). The first-order valence-corrected chi connectivity index (χ1v) is 8.94. The normalized spacial score (nSPS) is 16.7. The highest BCUT2D eigenvalue weighted by Crippen LogP contribution is 2.32. The van der Waals surface area contributed by atoms with Gasteiger partial charge in [-0.05, 0) is 35.2 Å². The number of anilines is 1. The summed E-state index contributed by atoms with van der Waals surface area (Å²) >= 11 is 0. The molecule has 0 saturated heterocycles. The van der Waals surface area contributed by atoms with E-state index < -0.39 is 6.04 Å². The minimum absolute atomic E-state index is 0.269. The summed E-state index contributed by atoms with van der Waals surface area (Å²) in [5, 5.41) is 5.97. The van der Waals surface area contributed by atoms with Crippen LogP contribution in [0.2, 0.25) is 0 Å². The van der Waals surface area contributed by atoms with Crippen molar-refractivity contribution in [3.05, 3.63) is 53.3 Å². The quantitative estimate of drug-likeness (QED) is 0.861. The third-order valence-corrected chi connectivity index (χ3v) is 4.55. The minimum atomic E-state index is -0.598. The van der Waals surface area contributed by atoms with Gasteiger partial charge < -0.3 is 14.8 Å². The summed E-state index contributed by atoms with van der Waals surface area (Å²) in [6.45, 7) is 6.81. The molecule has 2 aromatic carbocycles. The number of amides is 1. The summed E-state index contributed by atoms with van der Waals surface area (Å²) in [7, 11) is 1.58. The third-order valence-electron chi connectivity index (χ3n) is 4.55. The fraction of sp³-hybridized carbons (Fsp3) is 0.381. The molecule has 0 aromatic heterocycles.